The second-order valence-corrected chi connectivity index (χ2v) is 10.4. The van der Waals surface area contributed by atoms with Crippen molar-refractivity contribution in [3.63, 3.8) is 0 Å². The quantitative estimate of drug-likeness (QED) is 0.319. The summed E-state index contributed by atoms with van der Waals surface area (Å²) in [5.41, 5.74) is 5.79. The molecule has 3 heterocycles. The Balaban J connectivity index is 2.03. The minimum Gasteiger partial charge on any atom is -0.329 e. The molecule has 1 unspecified atom stereocenters. The highest BCUT2D eigenvalue weighted by atomic mass is 32.2. The van der Waals surface area contributed by atoms with Gasteiger partial charge in [-0.05, 0) is 35.9 Å². The Labute approximate surface area is 184 Å². The Bertz CT molecular complexity index is 1340. The van der Waals surface area contributed by atoms with Crippen LogP contribution in [0.5, 0.6) is 0 Å². The fourth-order valence-corrected chi connectivity index (χ4v) is 6.45. The zero-order chi connectivity index (χ0) is 23.1. The number of hydrogen-bond acceptors (Lipinski definition) is 10. The third kappa shape index (κ3) is 3.97. The van der Waals surface area contributed by atoms with Crippen molar-refractivity contribution >= 4 is 31.7 Å². The minimum atomic E-state index is -4.56. The molecule has 3 aromatic rings. The molecule has 16 heteroatoms. The van der Waals surface area contributed by atoms with Gasteiger partial charge in [-0.2, -0.15) is 0 Å². The molecule has 0 radical (unpaired) electrons. The van der Waals surface area contributed by atoms with Crippen LogP contribution in [0.3, 0.4) is 0 Å². The molecule has 172 valence electrons. The van der Waals surface area contributed by atoms with Crippen LogP contribution in [-0.4, -0.2) is 66.1 Å². The first-order valence-corrected chi connectivity index (χ1v) is 12.6. The van der Waals surface area contributed by atoms with Gasteiger partial charge >= 0.3 is 0 Å². The van der Waals surface area contributed by atoms with E-state index in [0.717, 1.165) is 13.0 Å². The molecule has 2 aromatic heterocycles. The molecule has 1 aliphatic rings. The third-order valence-electron chi connectivity index (χ3n) is 4.97. The monoisotopic (exact) mass is 482 g/mol. The summed E-state index contributed by atoms with van der Waals surface area (Å²) in [5.74, 6) is 0.507. The van der Waals surface area contributed by atoms with Crippen LogP contribution in [0.2, 0.25) is 0 Å². The van der Waals surface area contributed by atoms with Gasteiger partial charge in [-0.25, -0.2) is 36.8 Å². The molecule has 1 aliphatic heterocycles. The molecule has 0 fully saturated rings. The number of aromatic amines is 1. The van der Waals surface area contributed by atoms with Gasteiger partial charge in [0.2, 0.25) is 26.0 Å². The van der Waals surface area contributed by atoms with Gasteiger partial charge in [0.05, 0.1) is 11.3 Å². The molecule has 0 amide bonds. The first-order chi connectivity index (χ1) is 15.1. The van der Waals surface area contributed by atoms with E-state index in [1.807, 2.05) is 4.57 Å². The van der Waals surface area contributed by atoms with Crippen molar-refractivity contribution in [1.29, 1.82) is 0 Å². The zero-order valence-corrected chi connectivity index (χ0v) is 18.6. The number of hydrogen-bond donors (Lipinski definition) is 4. The molecule has 32 heavy (non-hydrogen) atoms. The van der Waals surface area contributed by atoms with Crippen molar-refractivity contribution < 1.29 is 16.8 Å². The van der Waals surface area contributed by atoms with Crippen LogP contribution in [0, 0.1) is 0 Å². The second-order valence-electron chi connectivity index (χ2n) is 7.27. The van der Waals surface area contributed by atoms with Crippen LogP contribution in [0.15, 0.2) is 34.3 Å². The van der Waals surface area contributed by atoms with E-state index in [-0.39, 0.29) is 17.9 Å². The average Bonchev–Trinajstić information content (AvgIpc) is 3.43. The SMILES string of the molecule is CC(CN)NS(=O)(=O)c1ccc(N2CCCn3ccnc32)c(-c2nnn[nH]2)c1S(N)(=O)=O. The first kappa shape index (κ1) is 22.3. The van der Waals surface area contributed by atoms with E-state index in [4.69, 9.17) is 10.9 Å². The number of nitrogens with two attached hydrogens (primary N) is 2. The molecule has 14 nitrogen and oxygen atoms in total. The number of benzene rings is 1. The van der Waals surface area contributed by atoms with Crippen molar-refractivity contribution in [3.8, 4) is 11.4 Å². The van der Waals surface area contributed by atoms with Gasteiger partial charge in [0, 0.05) is 38.1 Å². The number of H-pyrrole nitrogens is 1. The first-order valence-electron chi connectivity index (χ1n) is 9.58. The number of primary sulfonamides is 1. The maximum absolute atomic E-state index is 13.1. The number of nitrogens with one attached hydrogen (secondary N) is 2. The lowest BCUT2D eigenvalue weighted by Gasteiger charge is -2.31. The molecular formula is C16H22N10O4S2. The summed E-state index contributed by atoms with van der Waals surface area (Å²) in [7, 11) is -8.87. The van der Waals surface area contributed by atoms with Crippen LogP contribution < -0.4 is 20.5 Å². The number of tetrazole rings is 1. The van der Waals surface area contributed by atoms with E-state index in [9.17, 15) is 16.8 Å². The predicted octanol–water partition coefficient (Wildman–Crippen LogP) is -1.12. The lowest BCUT2D eigenvalue weighted by Crippen LogP contribution is -2.38. The maximum atomic E-state index is 13.1. The van der Waals surface area contributed by atoms with Gasteiger partial charge in [0.25, 0.3) is 0 Å². The van der Waals surface area contributed by atoms with E-state index >= 15 is 0 Å². The van der Waals surface area contributed by atoms with E-state index < -0.39 is 35.9 Å². The second kappa shape index (κ2) is 8.21. The Hall–Kier alpha value is -2.92. The van der Waals surface area contributed by atoms with Crippen molar-refractivity contribution in [2.24, 2.45) is 10.9 Å². The molecule has 4 rings (SSSR count). The summed E-state index contributed by atoms with van der Waals surface area (Å²) >= 11 is 0. The molecule has 0 bridgehead atoms. The Morgan fingerprint density at radius 1 is 1.25 bits per heavy atom. The van der Waals surface area contributed by atoms with E-state index in [1.54, 1.807) is 24.2 Å². The highest BCUT2D eigenvalue weighted by Crippen LogP contribution is 2.41. The summed E-state index contributed by atoms with van der Waals surface area (Å²) in [5, 5.41) is 18.9. The number of rotatable bonds is 7. The molecular weight excluding hydrogens is 460 g/mol. The molecule has 6 N–H and O–H groups in total. The van der Waals surface area contributed by atoms with Gasteiger partial charge < -0.3 is 15.2 Å². The van der Waals surface area contributed by atoms with Crippen LogP contribution in [0.4, 0.5) is 11.6 Å². The van der Waals surface area contributed by atoms with Crippen LogP contribution in [0.1, 0.15) is 13.3 Å². The lowest BCUT2D eigenvalue weighted by molar-refractivity contribution is 0.557. The van der Waals surface area contributed by atoms with Crippen molar-refractivity contribution in [3.05, 3.63) is 24.5 Å². The topological polar surface area (TPSA) is 208 Å². The van der Waals surface area contributed by atoms with E-state index in [0.29, 0.717) is 18.2 Å². The maximum Gasteiger partial charge on any atom is 0.242 e. The standard InChI is InChI=1S/C16H22N10O4S2/c1-10(9-17)22-32(29,30)12-4-3-11(26-7-2-6-25-8-5-19-16(25)26)13(14(12)31(18,27)28)15-20-23-24-21-15/h3-5,8,10,22H,2,6-7,9,17H2,1H3,(H2,18,27,28)(H,20,21,23,24). The predicted molar refractivity (Wildman–Crippen MR) is 114 cm³/mol. The molecule has 0 saturated carbocycles. The number of nitrogens with zero attached hydrogens (tertiary/aromatic N) is 6. The van der Waals surface area contributed by atoms with Crippen molar-refractivity contribution in [2.45, 2.75) is 35.7 Å². The summed E-state index contributed by atoms with van der Waals surface area (Å²) < 4.78 is 55.8. The number of anilines is 2. The number of aromatic nitrogens is 6. The lowest BCUT2D eigenvalue weighted by atomic mass is 10.1. The van der Waals surface area contributed by atoms with E-state index in [2.05, 4.69) is 30.3 Å². The summed E-state index contributed by atoms with van der Waals surface area (Å²) in [4.78, 5) is 4.96. The fraction of sp³-hybridized carbons (Fsp3) is 0.375. The molecule has 0 saturated heterocycles. The highest BCUT2D eigenvalue weighted by molar-refractivity contribution is 7.92. The van der Waals surface area contributed by atoms with Crippen LogP contribution in [0.25, 0.3) is 11.4 Å². The van der Waals surface area contributed by atoms with Crippen molar-refractivity contribution in [1.82, 2.24) is 34.9 Å². The number of aryl methyl sites for hydroxylation is 1. The molecule has 0 spiro atoms. The van der Waals surface area contributed by atoms with Gasteiger partial charge in [-0.15, -0.1) is 5.10 Å². The Kier molecular flexibility index (Phi) is 5.72. The Morgan fingerprint density at radius 2 is 2.03 bits per heavy atom. The molecule has 1 aromatic carbocycles. The van der Waals surface area contributed by atoms with Crippen LogP contribution >= 0.6 is 0 Å². The smallest absolute Gasteiger partial charge is 0.242 e. The molecule has 1 atom stereocenters. The largest absolute Gasteiger partial charge is 0.329 e. The summed E-state index contributed by atoms with van der Waals surface area (Å²) in [6, 6.07) is 2.03. The van der Waals surface area contributed by atoms with Gasteiger partial charge in [0.15, 0.2) is 5.82 Å². The highest BCUT2D eigenvalue weighted by Gasteiger charge is 2.34. The third-order valence-corrected chi connectivity index (χ3v) is 7.73. The van der Waals surface area contributed by atoms with E-state index in [1.165, 1.54) is 12.1 Å². The zero-order valence-electron chi connectivity index (χ0n) is 17.0. The Morgan fingerprint density at radius 3 is 2.69 bits per heavy atom. The normalized spacial score (nSPS) is 15.5. The van der Waals surface area contributed by atoms with Gasteiger partial charge in [-0.1, -0.05) is 0 Å². The van der Waals surface area contributed by atoms with Gasteiger partial charge in [-0.3, -0.25) is 0 Å². The molecule has 0 aliphatic carbocycles. The summed E-state index contributed by atoms with van der Waals surface area (Å²) in [6.07, 6.45) is 4.17. The number of imidazole rings is 1. The van der Waals surface area contributed by atoms with Crippen molar-refractivity contribution in [2.75, 3.05) is 18.0 Å². The number of sulfonamides is 2. The number of fused-ring (bicyclic) bond motifs is 1. The van der Waals surface area contributed by atoms with Crippen LogP contribution in [-0.2, 0) is 26.6 Å². The fourth-order valence-electron chi connectivity index (χ4n) is 3.59. The minimum absolute atomic E-state index is 0.0112. The average molecular weight is 483 g/mol. The summed E-state index contributed by atoms with van der Waals surface area (Å²) in [6.45, 7) is 2.80. The van der Waals surface area contributed by atoms with Gasteiger partial charge in [0.1, 0.15) is 9.79 Å².